The fourth-order valence-corrected chi connectivity index (χ4v) is 3.35. The number of ether oxygens (including phenoxy) is 1. The summed E-state index contributed by atoms with van der Waals surface area (Å²) in [5.74, 6) is -0.672. The molecule has 0 atom stereocenters. The molecule has 1 aromatic heterocycles. The van der Waals surface area contributed by atoms with Gasteiger partial charge in [0.05, 0.1) is 35.7 Å². The molecule has 0 aliphatic carbocycles. The van der Waals surface area contributed by atoms with Crippen molar-refractivity contribution in [1.82, 2.24) is 10.2 Å². The lowest BCUT2D eigenvalue weighted by Crippen LogP contribution is -2.36. The lowest BCUT2D eigenvalue weighted by molar-refractivity contribution is 0.102. The van der Waals surface area contributed by atoms with E-state index in [0.29, 0.717) is 24.7 Å². The molecule has 3 aromatic rings. The number of anilines is 4. The predicted octanol–water partition coefficient (Wildman–Crippen LogP) is 4.10. The molecule has 4 rings (SSSR count). The zero-order valence-corrected chi connectivity index (χ0v) is 16.7. The number of hydrogen-bond donors (Lipinski definition) is 2. The molecule has 2 heterocycles. The Morgan fingerprint density at radius 3 is 2.57 bits per heavy atom. The Morgan fingerprint density at radius 2 is 1.83 bits per heavy atom. The lowest BCUT2D eigenvalue weighted by Gasteiger charge is -2.28. The second-order valence-corrected chi connectivity index (χ2v) is 7.06. The summed E-state index contributed by atoms with van der Waals surface area (Å²) >= 11 is 5.94. The first kappa shape index (κ1) is 20.1. The van der Waals surface area contributed by atoms with Gasteiger partial charge in [-0.2, -0.15) is 5.10 Å². The molecule has 9 heteroatoms. The number of benzene rings is 2. The Morgan fingerprint density at radius 1 is 1.10 bits per heavy atom. The zero-order chi connectivity index (χ0) is 20.9. The Labute approximate surface area is 177 Å². The van der Waals surface area contributed by atoms with Crippen LogP contribution >= 0.6 is 11.6 Å². The van der Waals surface area contributed by atoms with Crippen molar-refractivity contribution in [3.8, 4) is 0 Å². The van der Waals surface area contributed by atoms with Gasteiger partial charge in [0.2, 0.25) is 0 Å². The highest BCUT2D eigenvalue weighted by Crippen LogP contribution is 2.23. The summed E-state index contributed by atoms with van der Waals surface area (Å²) in [4.78, 5) is 14.5. The van der Waals surface area contributed by atoms with Gasteiger partial charge in [0, 0.05) is 30.5 Å². The monoisotopic (exact) mass is 427 g/mol. The number of rotatable bonds is 5. The molecule has 1 amide bonds. The van der Waals surface area contributed by atoms with Crippen LogP contribution < -0.4 is 15.5 Å². The SMILES string of the molecule is O=C(Nc1ccc(Nc2cc(N3CCOCC3)cnn2)cc1)c1c(F)cccc1Cl. The van der Waals surface area contributed by atoms with Gasteiger partial charge in [0.15, 0.2) is 5.82 Å². The van der Waals surface area contributed by atoms with E-state index in [4.69, 9.17) is 16.3 Å². The molecule has 0 unspecified atom stereocenters. The van der Waals surface area contributed by atoms with Crippen LogP contribution in [0.4, 0.5) is 27.3 Å². The number of carbonyl (C=O) groups is 1. The van der Waals surface area contributed by atoms with Crippen molar-refractivity contribution in [3.63, 3.8) is 0 Å². The molecule has 1 aliphatic heterocycles. The summed E-state index contributed by atoms with van der Waals surface area (Å²) in [6, 6.07) is 13.0. The second kappa shape index (κ2) is 9.06. The number of aromatic nitrogens is 2. The highest BCUT2D eigenvalue weighted by molar-refractivity contribution is 6.34. The minimum Gasteiger partial charge on any atom is -0.378 e. The summed E-state index contributed by atoms with van der Waals surface area (Å²) in [6.07, 6.45) is 1.73. The summed E-state index contributed by atoms with van der Waals surface area (Å²) in [7, 11) is 0. The Hall–Kier alpha value is -3.23. The number of amides is 1. The average molecular weight is 428 g/mol. The number of halogens is 2. The molecule has 0 saturated carbocycles. The van der Waals surface area contributed by atoms with Crippen LogP contribution in [0.15, 0.2) is 54.7 Å². The van der Waals surface area contributed by atoms with E-state index in [1.807, 2.05) is 6.07 Å². The quantitative estimate of drug-likeness (QED) is 0.638. The van der Waals surface area contributed by atoms with E-state index in [1.165, 1.54) is 18.2 Å². The van der Waals surface area contributed by atoms with Gasteiger partial charge in [-0.05, 0) is 36.4 Å². The Kier molecular flexibility index (Phi) is 6.06. The van der Waals surface area contributed by atoms with Crippen LogP contribution in [0.2, 0.25) is 5.02 Å². The first-order valence-corrected chi connectivity index (χ1v) is 9.76. The van der Waals surface area contributed by atoms with Gasteiger partial charge in [0.25, 0.3) is 5.91 Å². The topological polar surface area (TPSA) is 79.4 Å². The van der Waals surface area contributed by atoms with Crippen LogP contribution in [0.5, 0.6) is 0 Å². The van der Waals surface area contributed by atoms with Crippen molar-refractivity contribution in [2.75, 3.05) is 41.8 Å². The number of nitrogens with one attached hydrogen (secondary N) is 2. The van der Waals surface area contributed by atoms with Gasteiger partial charge in [-0.25, -0.2) is 4.39 Å². The van der Waals surface area contributed by atoms with Crippen LogP contribution in [-0.4, -0.2) is 42.4 Å². The number of nitrogens with zero attached hydrogens (tertiary/aromatic N) is 3. The van der Waals surface area contributed by atoms with Gasteiger partial charge in [-0.3, -0.25) is 4.79 Å². The van der Waals surface area contributed by atoms with Crippen molar-refractivity contribution in [3.05, 3.63) is 71.1 Å². The van der Waals surface area contributed by atoms with Crippen molar-refractivity contribution in [2.45, 2.75) is 0 Å². The lowest BCUT2D eigenvalue weighted by atomic mass is 10.2. The summed E-state index contributed by atoms with van der Waals surface area (Å²) in [6.45, 7) is 3.00. The first-order valence-electron chi connectivity index (χ1n) is 9.38. The maximum atomic E-state index is 13.9. The highest BCUT2D eigenvalue weighted by atomic mass is 35.5. The molecular formula is C21H19ClFN5O2. The zero-order valence-electron chi connectivity index (χ0n) is 15.9. The van der Waals surface area contributed by atoms with E-state index >= 15 is 0 Å². The molecule has 154 valence electrons. The van der Waals surface area contributed by atoms with E-state index < -0.39 is 11.7 Å². The van der Waals surface area contributed by atoms with E-state index in [0.717, 1.165) is 24.5 Å². The van der Waals surface area contributed by atoms with E-state index in [1.54, 1.807) is 30.5 Å². The molecule has 0 spiro atoms. The predicted molar refractivity (Wildman–Crippen MR) is 114 cm³/mol. The number of hydrogen-bond acceptors (Lipinski definition) is 6. The normalized spacial score (nSPS) is 13.7. The standard InChI is InChI=1S/C21H19ClFN5O2/c22-17-2-1-3-18(23)20(17)21(29)26-15-6-4-14(5-7-15)25-19-12-16(13-24-27-19)28-8-10-30-11-9-28/h1-7,12-13H,8-11H2,(H,25,27)(H,26,29). The second-order valence-electron chi connectivity index (χ2n) is 6.65. The van der Waals surface area contributed by atoms with Gasteiger partial charge in [-0.1, -0.05) is 17.7 Å². The summed E-state index contributed by atoms with van der Waals surface area (Å²) in [5, 5.41) is 14.1. The number of morpholine rings is 1. The first-order chi connectivity index (χ1) is 14.6. The maximum absolute atomic E-state index is 13.9. The van der Waals surface area contributed by atoms with Gasteiger partial charge in [0.1, 0.15) is 5.82 Å². The molecule has 0 radical (unpaired) electrons. The minimum absolute atomic E-state index is 0.0597. The van der Waals surface area contributed by atoms with Crippen molar-refractivity contribution >= 4 is 40.4 Å². The van der Waals surface area contributed by atoms with Crippen LogP contribution in [0.25, 0.3) is 0 Å². The largest absolute Gasteiger partial charge is 0.378 e. The fourth-order valence-electron chi connectivity index (χ4n) is 3.11. The van der Waals surface area contributed by atoms with E-state index in [9.17, 15) is 9.18 Å². The van der Waals surface area contributed by atoms with Crippen molar-refractivity contribution < 1.29 is 13.9 Å². The third-order valence-corrected chi connectivity index (χ3v) is 4.94. The van der Waals surface area contributed by atoms with E-state index in [2.05, 4.69) is 25.7 Å². The van der Waals surface area contributed by atoms with Crippen LogP contribution in [0, 0.1) is 5.82 Å². The van der Waals surface area contributed by atoms with Gasteiger partial charge < -0.3 is 20.3 Å². The molecular weight excluding hydrogens is 409 g/mol. The molecule has 2 aromatic carbocycles. The molecule has 1 saturated heterocycles. The Balaban J connectivity index is 1.42. The molecule has 2 N–H and O–H groups in total. The fraction of sp³-hybridized carbons (Fsp3) is 0.190. The molecule has 30 heavy (non-hydrogen) atoms. The van der Waals surface area contributed by atoms with Crippen LogP contribution in [0.3, 0.4) is 0 Å². The maximum Gasteiger partial charge on any atom is 0.260 e. The smallest absolute Gasteiger partial charge is 0.260 e. The summed E-state index contributed by atoms with van der Waals surface area (Å²) < 4.78 is 19.3. The third-order valence-electron chi connectivity index (χ3n) is 4.62. The molecule has 0 bridgehead atoms. The third kappa shape index (κ3) is 4.67. The highest BCUT2D eigenvalue weighted by Gasteiger charge is 2.16. The van der Waals surface area contributed by atoms with E-state index in [-0.39, 0.29) is 10.6 Å². The van der Waals surface area contributed by atoms with Crippen molar-refractivity contribution in [2.24, 2.45) is 0 Å². The average Bonchev–Trinajstić information content (AvgIpc) is 2.76. The molecule has 1 fully saturated rings. The Bertz CT molecular complexity index is 1020. The molecule has 1 aliphatic rings. The van der Waals surface area contributed by atoms with Gasteiger partial charge >= 0.3 is 0 Å². The number of carbonyl (C=O) groups excluding carboxylic acids is 1. The van der Waals surface area contributed by atoms with Crippen LogP contribution in [0.1, 0.15) is 10.4 Å². The van der Waals surface area contributed by atoms with Crippen molar-refractivity contribution in [1.29, 1.82) is 0 Å². The van der Waals surface area contributed by atoms with Gasteiger partial charge in [-0.15, -0.1) is 5.10 Å². The molecule has 7 nitrogen and oxygen atoms in total. The summed E-state index contributed by atoms with van der Waals surface area (Å²) in [5.41, 5.74) is 2.07. The minimum atomic E-state index is -0.669. The van der Waals surface area contributed by atoms with Crippen LogP contribution in [-0.2, 0) is 4.74 Å².